The lowest BCUT2D eigenvalue weighted by molar-refractivity contribution is 0.373. The van der Waals surface area contributed by atoms with Crippen molar-refractivity contribution in [2.24, 2.45) is 5.73 Å². The molecule has 1 aromatic carbocycles. The average Bonchev–Trinajstić information content (AvgIpc) is 2.53. The molecule has 1 fully saturated rings. The molecule has 2 unspecified atom stereocenters. The summed E-state index contributed by atoms with van der Waals surface area (Å²) < 4.78 is 5.46. The van der Waals surface area contributed by atoms with Crippen molar-refractivity contribution in [1.82, 2.24) is 4.98 Å². The average molecular weight is 285 g/mol. The standard InChI is InChI=1S/C17H23N3O/c1-20(15-8-4-3-7-14(15)18)17-13-6-5-9-16(21-2)12(13)10-11-19-17/h5-6,9-11,14-15H,3-4,7-8,18H2,1-2H3. The van der Waals surface area contributed by atoms with Crippen molar-refractivity contribution < 1.29 is 4.74 Å². The molecule has 21 heavy (non-hydrogen) atoms. The van der Waals surface area contributed by atoms with E-state index in [9.17, 15) is 0 Å². The number of nitrogens with zero attached hydrogens (tertiary/aromatic N) is 2. The summed E-state index contributed by atoms with van der Waals surface area (Å²) >= 11 is 0. The second-order valence-electron chi connectivity index (χ2n) is 5.82. The molecule has 1 saturated carbocycles. The highest BCUT2D eigenvalue weighted by Gasteiger charge is 2.27. The van der Waals surface area contributed by atoms with Gasteiger partial charge in [0.2, 0.25) is 0 Å². The van der Waals surface area contributed by atoms with Gasteiger partial charge in [-0.1, -0.05) is 25.0 Å². The van der Waals surface area contributed by atoms with E-state index >= 15 is 0 Å². The number of benzene rings is 1. The summed E-state index contributed by atoms with van der Waals surface area (Å²) in [6.07, 6.45) is 6.58. The SMILES string of the molecule is COc1cccc2c(N(C)C3CCCCC3N)nccc12. The highest BCUT2D eigenvalue weighted by Crippen LogP contribution is 2.33. The van der Waals surface area contributed by atoms with Gasteiger partial charge in [-0.25, -0.2) is 4.98 Å². The molecule has 0 spiro atoms. The first-order chi connectivity index (χ1) is 10.2. The van der Waals surface area contributed by atoms with Gasteiger partial charge in [-0.3, -0.25) is 0 Å². The van der Waals surface area contributed by atoms with Crippen LogP contribution in [0.25, 0.3) is 10.8 Å². The van der Waals surface area contributed by atoms with Crippen molar-refractivity contribution in [2.75, 3.05) is 19.1 Å². The number of rotatable bonds is 3. The zero-order valence-electron chi connectivity index (χ0n) is 12.7. The number of hydrogen-bond donors (Lipinski definition) is 1. The van der Waals surface area contributed by atoms with Gasteiger partial charge in [0.25, 0.3) is 0 Å². The van der Waals surface area contributed by atoms with Crippen molar-refractivity contribution in [2.45, 2.75) is 37.8 Å². The lowest BCUT2D eigenvalue weighted by Crippen LogP contribution is -2.48. The third-order valence-corrected chi connectivity index (χ3v) is 4.58. The van der Waals surface area contributed by atoms with Crippen LogP contribution in [-0.4, -0.2) is 31.2 Å². The van der Waals surface area contributed by atoms with Crippen molar-refractivity contribution in [1.29, 1.82) is 0 Å². The number of aromatic nitrogens is 1. The van der Waals surface area contributed by atoms with E-state index in [2.05, 4.69) is 23.0 Å². The molecule has 1 heterocycles. The molecule has 2 aromatic rings. The lowest BCUT2D eigenvalue weighted by Gasteiger charge is -2.37. The Labute approximate surface area is 125 Å². The van der Waals surface area contributed by atoms with E-state index in [1.165, 1.54) is 12.8 Å². The predicted molar refractivity (Wildman–Crippen MR) is 86.9 cm³/mol. The molecular weight excluding hydrogens is 262 g/mol. The van der Waals surface area contributed by atoms with Gasteiger partial charge in [-0.2, -0.15) is 0 Å². The van der Waals surface area contributed by atoms with Crippen molar-refractivity contribution >= 4 is 16.6 Å². The van der Waals surface area contributed by atoms with E-state index in [1.54, 1.807) is 7.11 Å². The number of methoxy groups -OCH3 is 1. The van der Waals surface area contributed by atoms with Crippen LogP contribution >= 0.6 is 0 Å². The minimum absolute atomic E-state index is 0.228. The zero-order valence-corrected chi connectivity index (χ0v) is 12.7. The van der Waals surface area contributed by atoms with Gasteiger partial charge in [0, 0.05) is 36.1 Å². The van der Waals surface area contributed by atoms with Crippen LogP contribution in [0.4, 0.5) is 5.82 Å². The molecule has 3 rings (SSSR count). The fourth-order valence-electron chi connectivity index (χ4n) is 3.40. The largest absolute Gasteiger partial charge is 0.496 e. The Kier molecular flexibility index (Phi) is 3.97. The molecule has 4 heteroatoms. The summed E-state index contributed by atoms with van der Waals surface area (Å²) in [5.74, 6) is 1.88. The summed E-state index contributed by atoms with van der Waals surface area (Å²) in [5, 5.41) is 2.22. The molecule has 0 aliphatic heterocycles. The maximum absolute atomic E-state index is 6.32. The van der Waals surface area contributed by atoms with E-state index in [0.29, 0.717) is 6.04 Å². The van der Waals surface area contributed by atoms with Crippen molar-refractivity contribution in [3.63, 3.8) is 0 Å². The van der Waals surface area contributed by atoms with Crippen LogP contribution in [0.5, 0.6) is 5.75 Å². The highest BCUT2D eigenvalue weighted by molar-refractivity contribution is 5.96. The molecule has 0 bridgehead atoms. The molecule has 2 atom stereocenters. The van der Waals surface area contributed by atoms with Crippen LogP contribution in [0.15, 0.2) is 30.5 Å². The Hall–Kier alpha value is -1.81. The van der Waals surface area contributed by atoms with Crippen LogP contribution in [0.3, 0.4) is 0 Å². The van der Waals surface area contributed by atoms with Crippen molar-refractivity contribution in [3.05, 3.63) is 30.5 Å². The van der Waals surface area contributed by atoms with E-state index in [1.807, 2.05) is 24.4 Å². The third-order valence-electron chi connectivity index (χ3n) is 4.58. The Morgan fingerprint density at radius 2 is 2.00 bits per heavy atom. The summed E-state index contributed by atoms with van der Waals surface area (Å²) in [6, 6.07) is 8.70. The van der Waals surface area contributed by atoms with Gasteiger partial charge < -0.3 is 15.4 Å². The van der Waals surface area contributed by atoms with Gasteiger partial charge in [0.15, 0.2) is 0 Å². The normalized spacial score (nSPS) is 22.2. The monoisotopic (exact) mass is 285 g/mol. The third kappa shape index (κ3) is 2.56. The summed E-state index contributed by atoms with van der Waals surface area (Å²) in [7, 11) is 3.81. The quantitative estimate of drug-likeness (QED) is 0.942. The van der Waals surface area contributed by atoms with Crippen LogP contribution < -0.4 is 15.4 Å². The molecule has 2 N–H and O–H groups in total. The number of nitrogens with two attached hydrogens (primary N) is 1. The first-order valence-electron chi connectivity index (χ1n) is 7.62. The fraction of sp³-hybridized carbons (Fsp3) is 0.471. The second kappa shape index (κ2) is 5.90. The Morgan fingerprint density at radius 1 is 1.19 bits per heavy atom. The van der Waals surface area contributed by atoms with Crippen LogP contribution in [0.2, 0.25) is 0 Å². The molecule has 1 aromatic heterocycles. The first-order valence-corrected chi connectivity index (χ1v) is 7.62. The van der Waals surface area contributed by atoms with Gasteiger partial charge in [-0.05, 0) is 25.0 Å². The molecule has 112 valence electrons. The lowest BCUT2D eigenvalue weighted by atomic mass is 9.90. The molecule has 4 nitrogen and oxygen atoms in total. The molecular formula is C17H23N3O. The second-order valence-corrected chi connectivity index (χ2v) is 5.82. The molecule has 0 saturated heterocycles. The smallest absolute Gasteiger partial charge is 0.136 e. The zero-order chi connectivity index (χ0) is 14.8. The number of ether oxygens (including phenoxy) is 1. The van der Waals surface area contributed by atoms with Gasteiger partial charge in [0.1, 0.15) is 11.6 Å². The molecule has 0 amide bonds. The van der Waals surface area contributed by atoms with Gasteiger partial charge in [0.05, 0.1) is 7.11 Å². The van der Waals surface area contributed by atoms with Gasteiger partial charge in [-0.15, -0.1) is 0 Å². The number of likely N-dealkylation sites (N-methyl/N-ethyl adjacent to an activating group) is 1. The first kappa shape index (κ1) is 14.1. The van der Waals surface area contributed by atoms with E-state index in [4.69, 9.17) is 10.5 Å². The van der Waals surface area contributed by atoms with Crippen molar-refractivity contribution in [3.8, 4) is 5.75 Å². The fourth-order valence-corrected chi connectivity index (χ4v) is 3.40. The Bertz CT molecular complexity index is 628. The van der Waals surface area contributed by atoms with Gasteiger partial charge >= 0.3 is 0 Å². The predicted octanol–water partition coefficient (Wildman–Crippen LogP) is 2.95. The topological polar surface area (TPSA) is 51.4 Å². The Morgan fingerprint density at radius 3 is 2.76 bits per heavy atom. The minimum Gasteiger partial charge on any atom is -0.496 e. The number of fused-ring (bicyclic) bond motifs is 1. The van der Waals surface area contributed by atoms with Crippen LogP contribution in [0.1, 0.15) is 25.7 Å². The van der Waals surface area contributed by atoms with E-state index in [-0.39, 0.29) is 6.04 Å². The summed E-state index contributed by atoms with van der Waals surface area (Å²) in [5.41, 5.74) is 6.32. The number of hydrogen-bond acceptors (Lipinski definition) is 4. The molecule has 1 aliphatic carbocycles. The number of pyridine rings is 1. The minimum atomic E-state index is 0.228. The Balaban J connectivity index is 2.03. The van der Waals surface area contributed by atoms with E-state index in [0.717, 1.165) is 35.2 Å². The maximum Gasteiger partial charge on any atom is 0.136 e. The highest BCUT2D eigenvalue weighted by atomic mass is 16.5. The number of anilines is 1. The maximum atomic E-state index is 6.32. The van der Waals surface area contributed by atoms with Crippen LogP contribution in [-0.2, 0) is 0 Å². The summed E-state index contributed by atoms with van der Waals surface area (Å²) in [6.45, 7) is 0. The molecule has 0 radical (unpaired) electrons. The van der Waals surface area contributed by atoms with E-state index < -0.39 is 0 Å². The van der Waals surface area contributed by atoms with Crippen LogP contribution in [0, 0.1) is 0 Å². The summed E-state index contributed by atoms with van der Waals surface area (Å²) in [4.78, 5) is 6.86. The molecule has 1 aliphatic rings.